The molecule has 6 heteroatoms. The Kier molecular flexibility index (Phi) is 3.34. The molecular formula is C15H10N4O2. The highest BCUT2D eigenvalue weighted by molar-refractivity contribution is 5.84. The molecule has 0 spiro atoms. The van der Waals surface area contributed by atoms with Crippen LogP contribution in [0.15, 0.2) is 59.9 Å². The summed E-state index contributed by atoms with van der Waals surface area (Å²) >= 11 is 0. The summed E-state index contributed by atoms with van der Waals surface area (Å²) in [6.45, 7) is 0. The Morgan fingerprint density at radius 1 is 1.00 bits per heavy atom. The fraction of sp³-hybridized carbons (Fsp3) is 0. The molecule has 0 unspecified atom stereocenters. The Morgan fingerprint density at radius 3 is 2.43 bits per heavy atom. The van der Waals surface area contributed by atoms with Crippen molar-refractivity contribution in [2.24, 2.45) is 4.99 Å². The highest BCUT2D eigenvalue weighted by Crippen LogP contribution is 2.18. The quantitative estimate of drug-likeness (QED) is 0.418. The highest BCUT2D eigenvalue weighted by atomic mass is 16.6. The molecule has 0 aliphatic carbocycles. The van der Waals surface area contributed by atoms with Crippen LogP contribution in [0.4, 0.5) is 11.4 Å². The van der Waals surface area contributed by atoms with Crippen LogP contribution in [0, 0.1) is 10.1 Å². The highest BCUT2D eigenvalue weighted by Gasteiger charge is 2.02. The first-order chi connectivity index (χ1) is 10.2. The number of nitrogens with zero attached hydrogens (tertiary/aromatic N) is 4. The number of hydrogen-bond donors (Lipinski definition) is 0. The number of fused-ring (bicyclic) bond motifs is 1. The minimum Gasteiger partial charge on any atom is -0.258 e. The maximum atomic E-state index is 10.6. The maximum absolute atomic E-state index is 10.6. The van der Waals surface area contributed by atoms with Gasteiger partial charge in [-0.15, -0.1) is 0 Å². The second-order valence-electron chi connectivity index (χ2n) is 4.34. The minimum atomic E-state index is -0.428. The van der Waals surface area contributed by atoms with Gasteiger partial charge >= 0.3 is 0 Å². The number of hydrogen-bond acceptors (Lipinski definition) is 5. The van der Waals surface area contributed by atoms with Gasteiger partial charge in [0, 0.05) is 30.7 Å². The van der Waals surface area contributed by atoms with Crippen molar-refractivity contribution >= 4 is 28.6 Å². The van der Waals surface area contributed by atoms with Crippen molar-refractivity contribution in [1.29, 1.82) is 0 Å². The molecule has 3 aromatic rings. The molecule has 6 nitrogen and oxygen atoms in total. The van der Waals surface area contributed by atoms with E-state index in [-0.39, 0.29) is 5.69 Å². The maximum Gasteiger partial charge on any atom is 0.269 e. The van der Waals surface area contributed by atoms with E-state index < -0.39 is 4.92 Å². The zero-order valence-corrected chi connectivity index (χ0v) is 10.9. The number of aromatic nitrogens is 2. The van der Waals surface area contributed by atoms with Crippen LogP contribution in [0.5, 0.6) is 0 Å². The molecule has 1 heterocycles. The molecule has 0 saturated heterocycles. The minimum absolute atomic E-state index is 0.0631. The standard InChI is InChI=1S/C15H10N4O2/c20-19(21)13-4-1-11(2-5-13)10-18-12-3-6-14-15(9-12)17-8-7-16-14/h1-10H. The Labute approximate surface area is 120 Å². The fourth-order valence-corrected chi connectivity index (χ4v) is 1.86. The lowest BCUT2D eigenvalue weighted by Gasteiger charge is -1.97. The number of rotatable bonds is 3. The third-order valence-electron chi connectivity index (χ3n) is 2.92. The molecule has 3 rings (SSSR count). The van der Waals surface area contributed by atoms with Crippen LogP contribution in [0.2, 0.25) is 0 Å². The van der Waals surface area contributed by atoms with Gasteiger partial charge in [-0.1, -0.05) is 0 Å². The molecule has 0 atom stereocenters. The molecule has 0 fully saturated rings. The van der Waals surface area contributed by atoms with Gasteiger partial charge in [-0.3, -0.25) is 25.1 Å². The molecule has 0 radical (unpaired) electrons. The Balaban J connectivity index is 1.85. The van der Waals surface area contributed by atoms with E-state index in [9.17, 15) is 10.1 Å². The molecule has 1 aromatic heterocycles. The molecule has 0 bridgehead atoms. The van der Waals surface area contributed by atoms with Crippen LogP contribution >= 0.6 is 0 Å². The second-order valence-corrected chi connectivity index (χ2v) is 4.34. The predicted molar refractivity (Wildman–Crippen MR) is 79.9 cm³/mol. The van der Waals surface area contributed by atoms with Crippen molar-refractivity contribution in [3.05, 3.63) is 70.5 Å². The number of nitro benzene ring substituents is 1. The van der Waals surface area contributed by atoms with Crippen LogP contribution < -0.4 is 0 Å². The van der Waals surface area contributed by atoms with E-state index in [1.54, 1.807) is 30.7 Å². The van der Waals surface area contributed by atoms with Crippen molar-refractivity contribution in [2.45, 2.75) is 0 Å². The normalized spacial score (nSPS) is 11.0. The van der Waals surface area contributed by atoms with Crippen LogP contribution in [0.25, 0.3) is 11.0 Å². The number of nitro groups is 1. The molecular weight excluding hydrogens is 268 g/mol. The van der Waals surface area contributed by atoms with Crippen LogP contribution in [0.3, 0.4) is 0 Å². The third kappa shape index (κ3) is 2.89. The summed E-state index contributed by atoms with van der Waals surface area (Å²) in [5.74, 6) is 0. The first kappa shape index (κ1) is 12.9. The average Bonchev–Trinajstić information content (AvgIpc) is 2.53. The van der Waals surface area contributed by atoms with Gasteiger partial charge < -0.3 is 0 Å². The van der Waals surface area contributed by atoms with E-state index in [1.807, 2.05) is 18.2 Å². The van der Waals surface area contributed by atoms with Crippen molar-refractivity contribution in [3.8, 4) is 0 Å². The van der Waals surface area contributed by atoms with Crippen molar-refractivity contribution in [2.75, 3.05) is 0 Å². The van der Waals surface area contributed by atoms with Gasteiger partial charge in [-0.05, 0) is 35.9 Å². The second kappa shape index (κ2) is 5.46. The summed E-state index contributed by atoms with van der Waals surface area (Å²) in [5.41, 5.74) is 3.19. The van der Waals surface area contributed by atoms with Gasteiger partial charge in [0.15, 0.2) is 0 Å². The summed E-state index contributed by atoms with van der Waals surface area (Å²) < 4.78 is 0. The van der Waals surface area contributed by atoms with Crippen LogP contribution in [-0.2, 0) is 0 Å². The SMILES string of the molecule is O=[N+]([O-])c1ccc(C=Nc2ccc3nccnc3c2)cc1. The summed E-state index contributed by atoms with van der Waals surface area (Å²) in [6, 6.07) is 11.7. The average molecular weight is 278 g/mol. The van der Waals surface area contributed by atoms with E-state index in [0.29, 0.717) is 0 Å². The first-order valence-corrected chi connectivity index (χ1v) is 6.22. The van der Waals surface area contributed by atoms with Crippen molar-refractivity contribution in [3.63, 3.8) is 0 Å². The topological polar surface area (TPSA) is 81.3 Å². The Hall–Kier alpha value is -3.15. The third-order valence-corrected chi connectivity index (χ3v) is 2.92. The fourth-order valence-electron chi connectivity index (χ4n) is 1.86. The monoisotopic (exact) mass is 278 g/mol. The van der Waals surface area contributed by atoms with E-state index in [0.717, 1.165) is 22.3 Å². The molecule has 102 valence electrons. The van der Waals surface area contributed by atoms with Gasteiger partial charge in [0.1, 0.15) is 0 Å². The molecule has 21 heavy (non-hydrogen) atoms. The van der Waals surface area contributed by atoms with Crippen molar-refractivity contribution in [1.82, 2.24) is 9.97 Å². The van der Waals surface area contributed by atoms with Gasteiger partial charge in [0.25, 0.3) is 5.69 Å². The zero-order valence-electron chi connectivity index (χ0n) is 10.9. The van der Waals surface area contributed by atoms with E-state index >= 15 is 0 Å². The summed E-state index contributed by atoms with van der Waals surface area (Å²) in [4.78, 5) is 22.9. The lowest BCUT2D eigenvalue weighted by Crippen LogP contribution is -1.88. The number of benzene rings is 2. The van der Waals surface area contributed by atoms with Crippen molar-refractivity contribution < 1.29 is 4.92 Å². The van der Waals surface area contributed by atoms with E-state index in [4.69, 9.17) is 0 Å². The summed E-state index contributed by atoms with van der Waals surface area (Å²) in [7, 11) is 0. The molecule has 0 aliphatic heterocycles. The van der Waals surface area contributed by atoms with Crippen LogP contribution in [0.1, 0.15) is 5.56 Å². The zero-order chi connectivity index (χ0) is 14.7. The lowest BCUT2D eigenvalue weighted by molar-refractivity contribution is -0.384. The largest absolute Gasteiger partial charge is 0.269 e. The van der Waals surface area contributed by atoms with Crippen LogP contribution in [-0.4, -0.2) is 21.1 Å². The van der Waals surface area contributed by atoms with Gasteiger partial charge in [-0.2, -0.15) is 0 Å². The molecule has 0 N–H and O–H groups in total. The Morgan fingerprint density at radius 2 is 1.71 bits per heavy atom. The Bertz CT molecular complexity index is 828. The van der Waals surface area contributed by atoms with E-state index in [2.05, 4.69) is 15.0 Å². The summed E-state index contributed by atoms with van der Waals surface area (Å²) in [6.07, 6.45) is 4.93. The predicted octanol–water partition coefficient (Wildman–Crippen LogP) is 3.29. The van der Waals surface area contributed by atoms with Gasteiger partial charge in [-0.25, -0.2) is 0 Å². The summed E-state index contributed by atoms with van der Waals surface area (Å²) in [5, 5.41) is 10.6. The molecule has 0 saturated carbocycles. The van der Waals surface area contributed by atoms with Gasteiger partial charge in [0.05, 0.1) is 21.6 Å². The van der Waals surface area contributed by atoms with Gasteiger partial charge in [0.2, 0.25) is 0 Å². The van der Waals surface area contributed by atoms with E-state index in [1.165, 1.54) is 12.1 Å². The number of aliphatic imine (C=N–C) groups is 1. The number of non-ortho nitro benzene ring substituents is 1. The molecule has 0 aliphatic rings. The first-order valence-electron chi connectivity index (χ1n) is 6.22. The smallest absolute Gasteiger partial charge is 0.258 e. The lowest BCUT2D eigenvalue weighted by atomic mass is 10.2. The molecule has 0 amide bonds. The molecule has 2 aromatic carbocycles.